The molecule has 8 heteroatoms. The number of rotatable bonds is 7. The van der Waals surface area contributed by atoms with E-state index in [0.29, 0.717) is 37.4 Å². The molecule has 1 aliphatic heterocycles. The van der Waals surface area contributed by atoms with Crippen LogP contribution in [0.4, 0.5) is 10.5 Å². The van der Waals surface area contributed by atoms with E-state index < -0.39 is 11.6 Å². The molecule has 1 aromatic rings. The Morgan fingerprint density at radius 3 is 2.50 bits per heavy atom. The van der Waals surface area contributed by atoms with Gasteiger partial charge in [0, 0.05) is 37.4 Å². The van der Waals surface area contributed by atoms with Crippen molar-refractivity contribution in [3.05, 3.63) is 29.8 Å². The lowest BCUT2D eigenvalue weighted by atomic mass is 10.1. The van der Waals surface area contributed by atoms with Crippen LogP contribution in [0.1, 0.15) is 31.1 Å². The number of anilines is 1. The lowest BCUT2D eigenvalue weighted by molar-refractivity contribution is -0.155. The van der Waals surface area contributed by atoms with Crippen molar-refractivity contribution in [2.75, 3.05) is 51.7 Å². The van der Waals surface area contributed by atoms with E-state index >= 15 is 0 Å². The SMILES string of the molecule is CN(C)CCN(CC(=O)OC(C)(C)C)C(=O)c1cccc(N2CCNC2=O)c1. The number of esters is 1. The number of likely N-dealkylation sites (N-methyl/N-ethyl adjacent to an activating group) is 1. The van der Waals surface area contributed by atoms with Gasteiger partial charge in [0.05, 0.1) is 0 Å². The molecule has 0 radical (unpaired) electrons. The lowest BCUT2D eigenvalue weighted by Gasteiger charge is -2.26. The third-order valence-electron chi connectivity index (χ3n) is 4.11. The molecule has 1 N–H and O–H groups in total. The number of hydrogen-bond acceptors (Lipinski definition) is 5. The molecule has 8 nitrogen and oxygen atoms in total. The fourth-order valence-corrected chi connectivity index (χ4v) is 2.81. The quantitative estimate of drug-likeness (QED) is 0.715. The minimum absolute atomic E-state index is 0.127. The highest BCUT2D eigenvalue weighted by Crippen LogP contribution is 2.19. The Morgan fingerprint density at radius 2 is 1.93 bits per heavy atom. The summed E-state index contributed by atoms with van der Waals surface area (Å²) in [5, 5.41) is 2.75. The summed E-state index contributed by atoms with van der Waals surface area (Å²) in [5.74, 6) is -0.719. The second-order valence-electron chi connectivity index (χ2n) is 8.05. The first kappa shape index (κ1) is 21.7. The molecule has 0 aliphatic carbocycles. The molecule has 0 aromatic heterocycles. The number of nitrogens with one attached hydrogen (secondary N) is 1. The van der Waals surface area contributed by atoms with Gasteiger partial charge >= 0.3 is 12.0 Å². The van der Waals surface area contributed by atoms with Crippen LogP contribution in [0, 0.1) is 0 Å². The molecule has 154 valence electrons. The molecule has 0 saturated carbocycles. The van der Waals surface area contributed by atoms with Crippen LogP contribution in [0.5, 0.6) is 0 Å². The molecular weight excluding hydrogens is 360 g/mol. The Morgan fingerprint density at radius 1 is 1.21 bits per heavy atom. The molecule has 1 heterocycles. The summed E-state index contributed by atoms with van der Waals surface area (Å²) in [6.45, 7) is 7.38. The van der Waals surface area contributed by atoms with Crippen molar-refractivity contribution in [2.24, 2.45) is 0 Å². The Balaban J connectivity index is 2.18. The summed E-state index contributed by atoms with van der Waals surface area (Å²) in [6.07, 6.45) is 0. The van der Waals surface area contributed by atoms with E-state index in [9.17, 15) is 14.4 Å². The number of benzene rings is 1. The summed E-state index contributed by atoms with van der Waals surface area (Å²) >= 11 is 0. The van der Waals surface area contributed by atoms with E-state index in [-0.39, 0.29) is 18.5 Å². The van der Waals surface area contributed by atoms with Gasteiger partial charge < -0.3 is 19.9 Å². The van der Waals surface area contributed by atoms with Gasteiger partial charge in [-0.15, -0.1) is 0 Å². The topological polar surface area (TPSA) is 82.2 Å². The van der Waals surface area contributed by atoms with Crippen molar-refractivity contribution in [2.45, 2.75) is 26.4 Å². The third-order valence-corrected chi connectivity index (χ3v) is 4.11. The maximum absolute atomic E-state index is 13.1. The molecular formula is C20H30N4O4. The molecule has 1 saturated heterocycles. The average Bonchev–Trinajstić information content (AvgIpc) is 3.02. The molecule has 0 atom stereocenters. The van der Waals surface area contributed by atoms with Crippen LogP contribution >= 0.6 is 0 Å². The van der Waals surface area contributed by atoms with Crippen LogP contribution in [0.2, 0.25) is 0 Å². The fourth-order valence-electron chi connectivity index (χ4n) is 2.81. The van der Waals surface area contributed by atoms with E-state index in [1.54, 1.807) is 49.9 Å². The largest absolute Gasteiger partial charge is 0.459 e. The van der Waals surface area contributed by atoms with Crippen LogP contribution in [0.25, 0.3) is 0 Å². The number of carbonyl (C=O) groups is 3. The summed E-state index contributed by atoms with van der Waals surface area (Å²) in [4.78, 5) is 42.3. The second-order valence-corrected chi connectivity index (χ2v) is 8.05. The summed E-state index contributed by atoms with van der Waals surface area (Å²) in [5.41, 5.74) is 0.473. The summed E-state index contributed by atoms with van der Waals surface area (Å²) < 4.78 is 5.37. The average molecular weight is 390 g/mol. The van der Waals surface area contributed by atoms with Crippen molar-refractivity contribution < 1.29 is 19.1 Å². The highest BCUT2D eigenvalue weighted by molar-refractivity contribution is 5.99. The first-order chi connectivity index (χ1) is 13.1. The standard InChI is InChI=1S/C20H30N4O4/c1-20(2,3)28-17(25)14-23(12-11-22(4)5)18(26)15-7-6-8-16(13-15)24-10-9-21-19(24)27/h6-8,13H,9-12,14H2,1-5H3,(H,21,27). The van der Waals surface area contributed by atoms with Gasteiger partial charge in [0.15, 0.2) is 0 Å². The summed E-state index contributed by atoms with van der Waals surface area (Å²) in [6, 6.07) is 6.73. The maximum atomic E-state index is 13.1. The van der Waals surface area contributed by atoms with Crippen molar-refractivity contribution in [3.8, 4) is 0 Å². The smallest absolute Gasteiger partial charge is 0.326 e. The van der Waals surface area contributed by atoms with Gasteiger partial charge in [-0.2, -0.15) is 0 Å². The zero-order chi connectivity index (χ0) is 20.9. The Labute approximate surface area is 166 Å². The molecule has 1 fully saturated rings. The number of nitrogens with zero attached hydrogens (tertiary/aromatic N) is 3. The van der Waals surface area contributed by atoms with Crippen LogP contribution in [0.15, 0.2) is 24.3 Å². The minimum Gasteiger partial charge on any atom is -0.459 e. The molecule has 0 bridgehead atoms. The predicted molar refractivity (Wildman–Crippen MR) is 107 cm³/mol. The zero-order valence-corrected chi connectivity index (χ0v) is 17.3. The maximum Gasteiger partial charge on any atom is 0.326 e. The zero-order valence-electron chi connectivity index (χ0n) is 17.3. The van der Waals surface area contributed by atoms with Crippen LogP contribution in [-0.4, -0.2) is 80.1 Å². The van der Waals surface area contributed by atoms with Crippen molar-refractivity contribution in [1.82, 2.24) is 15.1 Å². The highest BCUT2D eigenvalue weighted by atomic mass is 16.6. The van der Waals surface area contributed by atoms with Crippen LogP contribution in [-0.2, 0) is 9.53 Å². The third kappa shape index (κ3) is 6.23. The van der Waals surface area contributed by atoms with E-state index in [0.717, 1.165) is 0 Å². The lowest BCUT2D eigenvalue weighted by Crippen LogP contribution is -2.42. The molecule has 1 aliphatic rings. The first-order valence-electron chi connectivity index (χ1n) is 9.38. The Bertz CT molecular complexity index is 727. The highest BCUT2D eigenvalue weighted by Gasteiger charge is 2.25. The minimum atomic E-state index is -0.615. The Hall–Kier alpha value is -2.61. The van der Waals surface area contributed by atoms with Crippen molar-refractivity contribution in [3.63, 3.8) is 0 Å². The van der Waals surface area contributed by atoms with E-state index in [1.165, 1.54) is 4.90 Å². The van der Waals surface area contributed by atoms with Gasteiger partial charge in [-0.05, 0) is 53.1 Å². The number of amides is 3. The normalized spacial score (nSPS) is 14.2. The van der Waals surface area contributed by atoms with Gasteiger partial charge in [-0.25, -0.2) is 4.79 Å². The number of urea groups is 1. The van der Waals surface area contributed by atoms with Gasteiger partial charge in [-0.1, -0.05) is 6.07 Å². The molecule has 3 amide bonds. The van der Waals surface area contributed by atoms with Crippen molar-refractivity contribution >= 4 is 23.6 Å². The van der Waals surface area contributed by atoms with Gasteiger partial charge in [0.25, 0.3) is 5.91 Å². The van der Waals surface area contributed by atoms with Gasteiger partial charge in [0.2, 0.25) is 0 Å². The van der Waals surface area contributed by atoms with E-state index in [4.69, 9.17) is 4.74 Å². The molecule has 0 unspecified atom stereocenters. The van der Waals surface area contributed by atoms with E-state index in [2.05, 4.69) is 5.32 Å². The summed E-state index contributed by atoms with van der Waals surface area (Å²) in [7, 11) is 3.81. The van der Waals surface area contributed by atoms with Crippen molar-refractivity contribution in [1.29, 1.82) is 0 Å². The monoisotopic (exact) mass is 390 g/mol. The number of ether oxygens (including phenoxy) is 1. The predicted octanol–water partition coefficient (Wildman–Crippen LogP) is 1.56. The Kier molecular flexibility index (Phi) is 7.01. The van der Waals surface area contributed by atoms with Crippen LogP contribution in [0.3, 0.4) is 0 Å². The van der Waals surface area contributed by atoms with Gasteiger partial charge in [-0.3, -0.25) is 14.5 Å². The fraction of sp³-hybridized carbons (Fsp3) is 0.550. The number of hydrogen-bond donors (Lipinski definition) is 1. The second kappa shape index (κ2) is 9.05. The number of carbonyl (C=O) groups excluding carboxylic acids is 3. The van der Waals surface area contributed by atoms with Crippen LogP contribution < -0.4 is 10.2 Å². The van der Waals surface area contributed by atoms with E-state index in [1.807, 2.05) is 19.0 Å². The molecule has 2 rings (SSSR count). The molecule has 28 heavy (non-hydrogen) atoms. The van der Waals surface area contributed by atoms with Gasteiger partial charge in [0.1, 0.15) is 12.1 Å². The first-order valence-corrected chi connectivity index (χ1v) is 9.38. The molecule has 0 spiro atoms. The molecule has 1 aromatic carbocycles.